The van der Waals surface area contributed by atoms with Crippen LogP contribution in [0.1, 0.15) is 29.0 Å². The van der Waals surface area contributed by atoms with Crippen LogP contribution in [0.5, 0.6) is 11.5 Å². The lowest BCUT2D eigenvalue weighted by Crippen LogP contribution is -2.40. The Labute approximate surface area is 267 Å². The molecule has 13 heteroatoms. The first-order valence-corrected chi connectivity index (χ1v) is 15.4. The minimum atomic E-state index is -1.66. The molecule has 1 aliphatic heterocycles. The minimum absolute atomic E-state index is 0.0950. The number of carbonyl (C=O) groups is 1. The molecule has 3 heterocycles. The highest BCUT2D eigenvalue weighted by molar-refractivity contribution is 7.10. The van der Waals surface area contributed by atoms with Gasteiger partial charge < -0.3 is 14.8 Å². The van der Waals surface area contributed by atoms with E-state index in [9.17, 15) is 27.2 Å². The van der Waals surface area contributed by atoms with E-state index in [-0.39, 0.29) is 23.3 Å². The average molecular weight is 666 g/mol. The number of thiophene rings is 1. The number of nitrogens with zero attached hydrogens (tertiary/aromatic N) is 2. The van der Waals surface area contributed by atoms with Gasteiger partial charge in [0.2, 0.25) is 11.6 Å². The molecule has 1 atom stereocenters. The van der Waals surface area contributed by atoms with E-state index in [0.717, 1.165) is 16.2 Å². The fourth-order valence-corrected chi connectivity index (χ4v) is 6.90. The van der Waals surface area contributed by atoms with E-state index in [1.807, 2.05) is 23.6 Å². The lowest BCUT2D eigenvalue weighted by molar-refractivity contribution is -0.113. The zero-order chi connectivity index (χ0) is 32.5. The molecule has 5 aromatic rings. The molecule has 0 unspecified atom stereocenters. The number of rotatable bonds is 8. The van der Waals surface area contributed by atoms with Gasteiger partial charge in [0.25, 0.3) is 11.5 Å². The topological polar surface area (TPSA) is 81.9 Å². The Morgan fingerprint density at radius 3 is 2.43 bits per heavy atom. The average Bonchev–Trinajstić information content (AvgIpc) is 3.68. The molecule has 234 valence electrons. The van der Waals surface area contributed by atoms with Gasteiger partial charge in [-0.15, -0.1) is 11.3 Å². The molecule has 0 saturated carbocycles. The number of hydrogen-bond donors (Lipinski definition) is 1. The van der Waals surface area contributed by atoms with Crippen molar-refractivity contribution in [2.75, 3.05) is 12.4 Å². The van der Waals surface area contributed by atoms with Crippen LogP contribution in [-0.2, 0) is 11.4 Å². The van der Waals surface area contributed by atoms with Gasteiger partial charge in [-0.05, 0) is 54.3 Å². The second-order valence-corrected chi connectivity index (χ2v) is 12.1. The van der Waals surface area contributed by atoms with Crippen molar-refractivity contribution in [3.05, 3.63) is 142 Å². The highest BCUT2D eigenvalue weighted by Gasteiger charge is 2.33. The summed E-state index contributed by atoms with van der Waals surface area (Å²) in [6, 6.07) is 16.8. The van der Waals surface area contributed by atoms with Crippen LogP contribution in [-0.4, -0.2) is 17.6 Å². The summed E-state index contributed by atoms with van der Waals surface area (Å²) in [4.78, 5) is 33.3. The highest BCUT2D eigenvalue weighted by atomic mass is 32.1. The molecule has 7 nitrogen and oxygen atoms in total. The summed E-state index contributed by atoms with van der Waals surface area (Å²) in [5.74, 6) is -7.83. The van der Waals surface area contributed by atoms with Crippen LogP contribution in [0.15, 0.2) is 93.2 Å². The third-order valence-electron chi connectivity index (χ3n) is 7.16. The summed E-state index contributed by atoms with van der Waals surface area (Å²) >= 11 is 2.54. The summed E-state index contributed by atoms with van der Waals surface area (Å²) in [7, 11) is 1.37. The molecule has 3 aromatic carbocycles. The van der Waals surface area contributed by atoms with Crippen LogP contribution in [0.2, 0.25) is 0 Å². The Kier molecular flexibility index (Phi) is 8.61. The Hall–Kier alpha value is -5.01. The number of amides is 1. The zero-order valence-corrected chi connectivity index (χ0v) is 25.8. The first-order valence-electron chi connectivity index (χ1n) is 13.7. The lowest BCUT2D eigenvalue weighted by atomic mass is 10.0. The number of hydrogen-bond acceptors (Lipinski definition) is 7. The molecule has 0 radical (unpaired) electrons. The number of carbonyl (C=O) groups excluding carboxylic acids is 1. The van der Waals surface area contributed by atoms with Gasteiger partial charge in [0.1, 0.15) is 18.4 Å². The molecule has 0 fully saturated rings. The number of halogens is 4. The summed E-state index contributed by atoms with van der Waals surface area (Å²) < 4.78 is 68.0. The van der Waals surface area contributed by atoms with E-state index in [1.165, 1.54) is 23.0 Å². The van der Waals surface area contributed by atoms with Crippen molar-refractivity contribution in [3.8, 4) is 11.5 Å². The molecule has 1 aliphatic rings. The number of methoxy groups -OCH3 is 1. The molecule has 1 N–H and O–H groups in total. The van der Waals surface area contributed by atoms with Crippen molar-refractivity contribution in [1.82, 2.24) is 4.57 Å². The van der Waals surface area contributed by atoms with Gasteiger partial charge in [0.05, 0.1) is 22.9 Å². The number of nitrogens with one attached hydrogen (secondary N) is 1. The molecule has 1 amide bonds. The van der Waals surface area contributed by atoms with Gasteiger partial charge in [-0.2, -0.15) is 8.78 Å². The van der Waals surface area contributed by atoms with Gasteiger partial charge in [-0.3, -0.25) is 14.2 Å². The van der Waals surface area contributed by atoms with Crippen LogP contribution in [0, 0.1) is 23.3 Å². The Balaban J connectivity index is 1.38. The Morgan fingerprint density at radius 1 is 1.02 bits per heavy atom. The van der Waals surface area contributed by atoms with Crippen molar-refractivity contribution < 1.29 is 31.8 Å². The van der Waals surface area contributed by atoms with Crippen LogP contribution < -0.4 is 29.7 Å². The van der Waals surface area contributed by atoms with E-state index in [2.05, 4.69) is 10.3 Å². The normalized spacial score (nSPS) is 14.6. The summed E-state index contributed by atoms with van der Waals surface area (Å²) in [6.07, 6.45) is 1.60. The maximum Gasteiger partial charge on any atom is 0.271 e. The molecular formula is C33H23F4N3O4S2. The van der Waals surface area contributed by atoms with E-state index in [4.69, 9.17) is 9.47 Å². The van der Waals surface area contributed by atoms with Crippen LogP contribution in [0.25, 0.3) is 6.08 Å². The van der Waals surface area contributed by atoms with Gasteiger partial charge in [-0.25, -0.2) is 13.8 Å². The quantitative estimate of drug-likeness (QED) is 0.161. The first kappa shape index (κ1) is 31.0. The Morgan fingerprint density at radius 2 is 1.76 bits per heavy atom. The van der Waals surface area contributed by atoms with Gasteiger partial charge >= 0.3 is 0 Å². The van der Waals surface area contributed by atoms with E-state index in [0.29, 0.717) is 37.4 Å². The number of allylic oxidation sites excluding steroid dienone is 1. The smallest absolute Gasteiger partial charge is 0.271 e. The number of benzene rings is 3. The predicted molar refractivity (Wildman–Crippen MR) is 167 cm³/mol. The third-order valence-corrected chi connectivity index (χ3v) is 9.06. The second-order valence-electron chi connectivity index (χ2n) is 10.1. The van der Waals surface area contributed by atoms with Crippen LogP contribution in [0.3, 0.4) is 0 Å². The van der Waals surface area contributed by atoms with Gasteiger partial charge in [0, 0.05) is 22.2 Å². The van der Waals surface area contributed by atoms with Gasteiger partial charge in [0.15, 0.2) is 22.2 Å². The summed E-state index contributed by atoms with van der Waals surface area (Å²) in [5.41, 5.74) is 1.82. The number of anilines is 1. The summed E-state index contributed by atoms with van der Waals surface area (Å²) in [6.45, 7) is 1.23. The van der Waals surface area contributed by atoms with Crippen molar-refractivity contribution in [3.63, 3.8) is 0 Å². The number of aromatic nitrogens is 1. The predicted octanol–water partition coefficient (Wildman–Crippen LogP) is 6.08. The van der Waals surface area contributed by atoms with Crippen LogP contribution >= 0.6 is 22.7 Å². The molecule has 6 rings (SSSR count). The second kappa shape index (κ2) is 12.8. The standard InChI is InChI=1S/C33H23F4N3O4S2/c1-17-26(31(41)39-20-7-4-3-5-8-20)29(24-9-6-12-45-24)40-32(42)25(46-33(40)38-17)14-18-10-11-23(43-2)19(13-18)16-44-30-27(36)21(34)15-22(35)28(30)37/h3-15,29H,16H2,1-2H3,(H,39,41)/t29-/m1/s1. The van der Waals surface area contributed by atoms with Crippen molar-refractivity contribution >= 4 is 40.3 Å². The number of ether oxygens (including phenoxy) is 2. The zero-order valence-electron chi connectivity index (χ0n) is 24.1. The third kappa shape index (κ3) is 5.86. The molecule has 0 aliphatic carbocycles. The fraction of sp³-hybridized carbons (Fsp3) is 0.121. The monoisotopic (exact) mass is 665 g/mol. The minimum Gasteiger partial charge on any atom is -0.496 e. The van der Waals surface area contributed by atoms with Crippen molar-refractivity contribution in [2.24, 2.45) is 4.99 Å². The first-order chi connectivity index (χ1) is 22.2. The molecule has 2 aromatic heterocycles. The molecule has 0 bridgehead atoms. The number of fused-ring (bicyclic) bond motifs is 1. The maximum absolute atomic E-state index is 14.2. The Bertz CT molecular complexity index is 2150. The summed E-state index contributed by atoms with van der Waals surface area (Å²) in [5, 5.41) is 4.77. The number of thiazole rings is 1. The molecule has 0 spiro atoms. The highest BCUT2D eigenvalue weighted by Crippen LogP contribution is 2.33. The van der Waals surface area contributed by atoms with Crippen molar-refractivity contribution in [2.45, 2.75) is 19.6 Å². The fourth-order valence-electron chi connectivity index (χ4n) is 5.03. The maximum atomic E-state index is 14.2. The van der Waals surface area contributed by atoms with Crippen LogP contribution in [0.4, 0.5) is 23.2 Å². The largest absolute Gasteiger partial charge is 0.496 e. The van der Waals surface area contributed by atoms with E-state index < -0.39 is 41.7 Å². The van der Waals surface area contributed by atoms with E-state index >= 15 is 0 Å². The van der Waals surface area contributed by atoms with Gasteiger partial charge in [-0.1, -0.05) is 41.7 Å². The molecule has 0 saturated heterocycles. The lowest BCUT2D eigenvalue weighted by Gasteiger charge is -2.24. The van der Waals surface area contributed by atoms with Crippen molar-refractivity contribution in [1.29, 1.82) is 0 Å². The molecule has 46 heavy (non-hydrogen) atoms. The number of para-hydroxylation sites is 1. The van der Waals surface area contributed by atoms with E-state index in [1.54, 1.807) is 55.5 Å². The SMILES string of the molecule is COc1ccc(C=c2sc3n(c2=O)[C@H](c2cccs2)C(C(=O)Nc2ccccc2)=C(C)N=3)cc1COc1c(F)c(F)cc(F)c1F. The molecular weight excluding hydrogens is 643 g/mol.